The highest BCUT2D eigenvalue weighted by atomic mass is 32.2. The maximum atomic E-state index is 14.4. The van der Waals surface area contributed by atoms with Crippen molar-refractivity contribution in [3.8, 4) is 0 Å². The van der Waals surface area contributed by atoms with Crippen LogP contribution in [0.5, 0.6) is 0 Å². The maximum Gasteiger partial charge on any atom is 0.429 e. The highest BCUT2D eigenvalue weighted by Gasteiger charge is 2.64. The van der Waals surface area contributed by atoms with Gasteiger partial charge < -0.3 is 5.11 Å². The summed E-state index contributed by atoms with van der Waals surface area (Å²) in [4.78, 5) is 9.85. The van der Waals surface area contributed by atoms with Crippen LogP contribution in [0.25, 0.3) is 0 Å². The van der Waals surface area contributed by atoms with Crippen molar-refractivity contribution in [3.05, 3.63) is 22.6 Å². The molecule has 1 fully saturated rings. The Morgan fingerprint density at radius 1 is 1.27 bits per heavy atom. The zero-order valence-corrected chi connectivity index (χ0v) is 14.7. The number of carboxylic acid groups (broad SMARTS) is 1. The Kier molecular flexibility index (Phi) is 5.28. The lowest BCUT2D eigenvalue weighted by molar-refractivity contribution is -0.227. The van der Waals surface area contributed by atoms with E-state index in [0.717, 1.165) is 4.31 Å². The summed E-state index contributed by atoms with van der Waals surface area (Å²) in [6.45, 7) is 3.48. The Bertz CT molecular complexity index is 750. The molecule has 148 valence electrons. The largest absolute Gasteiger partial charge is 0.478 e. The summed E-state index contributed by atoms with van der Waals surface area (Å²) in [5, 5.41) is 8.91. The molecule has 26 heavy (non-hydrogen) atoms. The Labute approximate surface area is 147 Å². The van der Waals surface area contributed by atoms with Crippen LogP contribution in [0.15, 0.2) is 22.6 Å². The van der Waals surface area contributed by atoms with Crippen molar-refractivity contribution in [1.29, 1.82) is 0 Å². The quantitative estimate of drug-likeness (QED) is 0.736. The van der Waals surface area contributed by atoms with E-state index in [0.29, 0.717) is 6.42 Å². The number of nitrogens with zero attached hydrogens (tertiary/aromatic N) is 1. The molecule has 0 radical (unpaired) electrons. The molecule has 5 nitrogen and oxygen atoms in total. The first-order chi connectivity index (χ1) is 11.7. The standard InChI is InChI=1S/C15H18F5NO4S/c1-8-3-9(2)7-21(6-8)26(24,25)10-4-11(13(22)23)12(16)14(17,5-10)15(18,19)20/h4-5,8-9,12H,3,6-7H2,1-2H3,(H,22,23). The molecule has 4 unspecified atom stereocenters. The van der Waals surface area contributed by atoms with Crippen LogP contribution in [0, 0.1) is 11.8 Å². The van der Waals surface area contributed by atoms with E-state index in [9.17, 15) is 35.2 Å². The minimum Gasteiger partial charge on any atom is -0.478 e. The first-order valence-corrected chi connectivity index (χ1v) is 9.21. The first kappa shape index (κ1) is 20.8. The Balaban J connectivity index is 2.58. The molecular formula is C15H18F5NO4S. The summed E-state index contributed by atoms with van der Waals surface area (Å²) in [5.41, 5.74) is -6.34. The van der Waals surface area contributed by atoms with Crippen molar-refractivity contribution in [2.45, 2.75) is 38.3 Å². The molecule has 0 amide bonds. The molecule has 1 aliphatic carbocycles. The van der Waals surface area contributed by atoms with Gasteiger partial charge in [-0.2, -0.15) is 17.5 Å². The van der Waals surface area contributed by atoms with Crippen LogP contribution < -0.4 is 0 Å². The minimum atomic E-state index is -5.83. The Hall–Kier alpha value is -1.49. The van der Waals surface area contributed by atoms with E-state index in [1.54, 1.807) is 13.8 Å². The summed E-state index contributed by atoms with van der Waals surface area (Å²) in [5.74, 6) is -2.34. The van der Waals surface area contributed by atoms with E-state index < -0.39 is 44.5 Å². The fraction of sp³-hybridized carbons (Fsp3) is 0.667. The van der Waals surface area contributed by atoms with Crippen LogP contribution in [0.2, 0.25) is 0 Å². The third-order valence-corrected chi connectivity index (χ3v) is 6.26. The molecule has 1 N–H and O–H groups in total. The van der Waals surface area contributed by atoms with Gasteiger partial charge in [-0.15, -0.1) is 0 Å². The van der Waals surface area contributed by atoms with Crippen LogP contribution in [-0.4, -0.2) is 54.9 Å². The average molecular weight is 403 g/mol. The fourth-order valence-corrected chi connectivity index (χ4v) is 5.07. The van der Waals surface area contributed by atoms with Gasteiger partial charge in [0.2, 0.25) is 10.0 Å². The molecule has 4 atom stereocenters. The average Bonchev–Trinajstić information content (AvgIpc) is 2.47. The number of carbonyl (C=O) groups is 1. The third-order valence-electron chi connectivity index (χ3n) is 4.45. The molecule has 0 saturated carbocycles. The highest BCUT2D eigenvalue weighted by molar-refractivity contribution is 7.93. The predicted molar refractivity (Wildman–Crippen MR) is 82.0 cm³/mol. The van der Waals surface area contributed by atoms with E-state index in [-0.39, 0.29) is 37.1 Å². The summed E-state index contributed by atoms with van der Waals surface area (Å²) in [7, 11) is -4.62. The highest BCUT2D eigenvalue weighted by Crippen LogP contribution is 2.46. The zero-order valence-electron chi connectivity index (χ0n) is 13.9. The van der Waals surface area contributed by atoms with Gasteiger partial charge in [-0.05, 0) is 30.4 Å². The minimum absolute atomic E-state index is 0.00931. The molecule has 0 spiro atoms. The molecule has 11 heteroatoms. The number of hydrogen-bond acceptors (Lipinski definition) is 3. The summed E-state index contributed by atoms with van der Waals surface area (Å²) < 4.78 is 93.8. The van der Waals surface area contributed by atoms with Crippen molar-refractivity contribution in [1.82, 2.24) is 4.31 Å². The second-order valence-electron chi connectivity index (χ2n) is 6.85. The first-order valence-electron chi connectivity index (χ1n) is 7.77. The normalized spacial score (nSPS) is 34.2. The number of allylic oxidation sites excluding steroid dienone is 2. The molecule has 0 aromatic carbocycles. The number of piperidine rings is 1. The topological polar surface area (TPSA) is 74.7 Å². The van der Waals surface area contributed by atoms with Crippen LogP contribution in [0.1, 0.15) is 20.3 Å². The molecule has 1 aliphatic heterocycles. The smallest absolute Gasteiger partial charge is 0.429 e. The van der Waals surface area contributed by atoms with Crippen LogP contribution in [0.3, 0.4) is 0 Å². The lowest BCUT2D eigenvalue weighted by atomic mass is 9.88. The second kappa shape index (κ2) is 6.59. The van der Waals surface area contributed by atoms with E-state index >= 15 is 0 Å². The second-order valence-corrected chi connectivity index (χ2v) is 8.79. The van der Waals surface area contributed by atoms with Gasteiger partial charge in [0.15, 0.2) is 6.17 Å². The predicted octanol–water partition coefficient (Wildman–Crippen LogP) is 2.81. The van der Waals surface area contributed by atoms with Gasteiger partial charge in [0.1, 0.15) is 0 Å². The van der Waals surface area contributed by atoms with E-state index in [2.05, 4.69) is 0 Å². The summed E-state index contributed by atoms with van der Waals surface area (Å²) in [6, 6.07) is 0. The van der Waals surface area contributed by atoms with E-state index in [4.69, 9.17) is 5.11 Å². The van der Waals surface area contributed by atoms with Crippen molar-refractivity contribution in [2.24, 2.45) is 11.8 Å². The number of hydrogen-bond donors (Lipinski definition) is 1. The fourth-order valence-electron chi connectivity index (χ4n) is 3.27. The van der Waals surface area contributed by atoms with Crippen LogP contribution in [-0.2, 0) is 14.8 Å². The van der Waals surface area contributed by atoms with Gasteiger partial charge in [0, 0.05) is 13.1 Å². The van der Waals surface area contributed by atoms with Crippen LogP contribution >= 0.6 is 0 Å². The molecule has 1 saturated heterocycles. The number of sulfonamides is 1. The maximum absolute atomic E-state index is 14.4. The van der Waals surface area contributed by atoms with Gasteiger partial charge in [-0.3, -0.25) is 0 Å². The molecule has 0 aromatic heterocycles. The number of halogens is 5. The number of aliphatic carboxylic acids is 1. The SMILES string of the molecule is CC1CC(C)CN(S(=O)(=O)C2=CC(F)(C(F)(F)F)C(F)C(C(=O)O)=C2)C1. The lowest BCUT2D eigenvalue weighted by Gasteiger charge is -2.36. The number of rotatable bonds is 3. The molecule has 0 aromatic rings. The monoisotopic (exact) mass is 403 g/mol. The summed E-state index contributed by atoms with van der Waals surface area (Å²) >= 11 is 0. The van der Waals surface area contributed by atoms with Gasteiger partial charge >= 0.3 is 12.1 Å². The van der Waals surface area contributed by atoms with Gasteiger partial charge in [0.25, 0.3) is 5.67 Å². The molecular weight excluding hydrogens is 385 g/mol. The van der Waals surface area contributed by atoms with Gasteiger partial charge in [-0.1, -0.05) is 13.8 Å². The molecule has 1 heterocycles. The number of carboxylic acids is 1. The third kappa shape index (κ3) is 3.51. The molecule has 2 aliphatic rings. The van der Waals surface area contributed by atoms with E-state index in [1.165, 1.54) is 0 Å². The van der Waals surface area contributed by atoms with Gasteiger partial charge in [-0.25, -0.2) is 22.0 Å². The van der Waals surface area contributed by atoms with Crippen molar-refractivity contribution >= 4 is 16.0 Å². The van der Waals surface area contributed by atoms with Crippen molar-refractivity contribution in [3.63, 3.8) is 0 Å². The zero-order chi connectivity index (χ0) is 20.1. The van der Waals surface area contributed by atoms with E-state index in [1.807, 2.05) is 0 Å². The Morgan fingerprint density at radius 3 is 2.19 bits per heavy atom. The van der Waals surface area contributed by atoms with Gasteiger partial charge in [0.05, 0.1) is 10.5 Å². The lowest BCUT2D eigenvalue weighted by Crippen LogP contribution is -2.52. The van der Waals surface area contributed by atoms with Crippen molar-refractivity contribution in [2.75, 3.05) is 13.1 Å². The van der Waals surface area contributed by atoms with Crippen LogP contribution in [0.4, 0.5) is 22.0 Å². The Morgan fingerprint density at radius 2 is 1.77 bits per heavy atom. The number of alkyl halides is 5. The van der Waals surface area contributed by atoms with Crippen molar-refractivity contribution < 1.29 is 40.3 Å². The molecule has 0 bridgehead atoms. The molecule has 2 rings (SSSR count). The summed E-state index contributed by atoms with van der Waals surface area (Å²) in [6.07, 6.45) is -8.81.